The van der Waals surface area contributed by atoms with Crippen molar-refractivity contribution in [3.8, 4) is 0 Å². The first-order valence-electron chi connectivity index (χ1n) is 4.07. The van der Waals surface area contributed by atoms with Gasteiger partial charge < -0.3 is 10.4 Å². The minimum atomic E-state index is 0.162. The molecule has 0 unspecified atom stereocenters. The molecule has 0 atom stereocenters. The molecule has 0 aromatic rings. The molecular formula is C9H19NO. The molecule has 0 bridgehead atoms. The second-order valence-electron chi connectivity index (χ2n) is 3.45. The standard InChI is InChI=1S/C9H19NO/c1-4-9(2,3)8-10-6-5-7-11/h4,10-11H,1,5-8H2,2-3H3. The van der Waals surface area contributed by atoms with Crippen LogP contribution in [-0.2, 0) is 0 Å². The second-order valence-corrected chi connectivity index (χ2v) is 3.45. The van der Waals surface area contributed by atoms with E-state index in [1.165, 1.54) is 0 Å². The van der Waals surface area contributed by atoms with Crippen LogP contribution in [0, 0.1) is 5.41 Å². The Morgan fingerprint density at radius 3 is 2.64 bits per heavy atom. The fourth-order valence-electron chi connectivity index (χ4n) is 0.687. The summed E-state index contributed by atoms with van der Waals surface area (Å²) in [6.07, 6.45) is 2.77. The molecule has 0 spiro atoms. The van der Waals surface area contributed by atoms with Crippen LogP contribution < -0.4 is 5.32 Å². The summed E-state index contributed by atoms with van der Waals surface area (Å²) in [5.74, 6) is 0. The Morgan fingerprint density at radius 2 is 2.18 bits per heavy atom. The van der Waals surface area contributed by atoms with Crippen LogP contribution in [0.3, 0.4) is 0 Å². The van der Waals surface area contributed by atoms with E-state index in [2.05, 4.69) is 25.7 Å². The average Bonchev–Trinajstić information content (AvgIpc) is 1.99. The summed E-state index contributed by atoms with van der Waals surface area (Å²) in [5, 5.41) is 11.7. The summed E-state index contributed by atoms with van der Waals surface area (Å²) < 4.78 is 0. The summed E-state index contributed by atoms with van der Waals surface area (Å²) in [7, 11) is 0. The number of hydrogen-bond donors (Lipinski definition) is 2. The largest absolute Gasteiger partial charge is 0.396 e. The Kier molecular flexibility index (Phi) is 5.16. The van der Waals surface area contributed by atoms with E-state index >= 15 is 0 Å². The van der Waals surface area contributed by atoms with E-state index in [0.29, 0.717) is 0 Å². The maximum atomic E-state index is 8.49. The van der Waals surface area contributed by atoms with Crippen molar-refractivity contribution in [1.82, 2.24) is 5.32 Å². The fourth-order valence-corrected chi connectivity index (χ4v) is 0.687. The molecule has 0 radical (unpaired) electrons. The van der Waals surface area contributed by atoms with Gasteiger partial charge in [0.2, 0.25) is 0 Å². The monoisotopic (exact) mass is 157 g/mol. The van der Waals surface area contributed by atoms with Crippen molar-refractivity contribution >= 4 is 0 Å². The molecule has 2 nitrogen and oxygen atoms in total. The van der Waals surface area contributed by atoms with Gasteiger partial charge in [-0.3, -0.25) is 0 Å². The summed E-state index contributed by atoms with van der Waals surface area (Å²) in [6.45, 7) is 10.1. The first kappa shape index (κ1) is 10.7. The zero-order valence-electron chi connectivity index (χ0n) is 7.56. The SMILES string of the molecule is C=CC(C)(C)CNCCCO. The molecule has 0 aliphatic carbocycles. The summed E-state index contributed by atoms with van der Waals surface area (Å²) in [5.41, 5.74) is 0.162. The van der Waals surface area contributed by atoms with Gasteiger partial charge in [-0.15, -0.1) is 6.58 Å². The van der Waals surface area contributed by atoms with Crippen molar-refractivity contribution in [2.45, 2.75) is 20.3 Å². The van der Waals surface area contributed by atoms with Gasteiger partial charge in [-0.05, 0) is 18.4 Å². The molecule has 0 aliphatic rings. The third kappa shape index (κ3) is 6.07. The Hall–Kier alpha value is -0.340. The van der Waals surface area contributed by atoms with Gasteiger partial charge in [-0.2, -0.15) is 0 Å². The van der Waals surface area contributed by atoms with Gasteiger partial charge >= 0.3 is 0 Å². The molecule has 0 saturated heterocycles. The van der Waals surface area contributed by atoms with Crippen molar-refractivity contribution in [2.24, 2.45) is 5.41 Å². The van der Waals surface area contributed by atoms with Crippen LogP contribution in [0.15, 0.2) is 12.7 Å². The Bertz CT molecular complexity index is 110. The zero-order valence-corrected chi connectivity index (χ0v) is 7.56. The van der Waals surface area contributed by atoms with Gasteiger partial charge in [0.25, 0.3) is 0 Å². The highest BCUT2D eigenvalue weighted by Crippen LogP contribution is 2.13. The van der Waals surface area contributed by atoms with Crippen molar-refractivity contribution in [3.05, 3.63) is 12.7 Å². The molecule has 66 valence electrons. The fraction of sp³-hybridized carbons (Fsp3) is 0.778. The molecular weight excluding hydrogens is 138 g/mol. The van der Waals surface area contributed by atoms with Crippen molar-refractivity contribution in [1.29, 1.82) is 0 Å². The second kappa shape index (κ2) is 5.33. The van der Waals surface area contributed by atoms with Gasteiger partial charge in [-0.25, -0.2) is 0 Å². The summed E-state index contributed by atoms with van der Waals surface area (Å²) in [4.78, 5) is 0. The molecule has 0 saturated carbocycles. The molecule has 2 heteroatoms. The highest BCUT2D eigenvalue weighted by Gasteiger charge is 2.10. The number of rotatable bonds is 6. The predicted molar refractivity (Wildman–Crippen MR) is 48.6 cm³/mol. The summed E-state index contributed by atoms with van der Waals surface area (Å²) in [6, 6.07) is 0. The van der Waals surface area contributed by atoms with E-state index in [-0.39, 0.29) is 12.0 Å². The van der Waals surface area contributed by atoms with Crippen LogP contribution in [0.25, 0.3) is 0 Å². The number of aliphatic hydroxyl groups is 1. The first-order valence-corrected chi connectivity index (χ1v) is 4.07. The van der Waals surface area contributed by atoms with Crippen LogP contribution in [0.4, 0.5) is 0 Å². The van der Waals surface area contributed by atoms with E-state index in [0.717, 1.165) is 19.5 Å². The highest BCUT2D eigenvalue weighted by molar-refractivity contribution is 4.88. The lowest BCUT2D eigenvalue weighted by Crippen LogP contribution is -2.28. The molecule has 0 heterocycles. The molecule has 0 aromatic heterocycles. The smallest absolute Gasteiger partial charge is 0.0443 e. The topological polar surface area (TPSA) is 32.3 Å². The first-order chi connectivity index (χ1) is 5.12. The lowest BCUT2D eigenvalue weighted by Gasteiger charge is -2.19. The number of hydrogen-bond acceptors (Lipinski definition) is 2. The van der Waals surface area contributed by atoms with Crippen molar-refractivity contribution in [3.63, 3.8) is 0 Å². The molecule has 0 rings (SSSR count). The quantitative estimate of drug-likeness (QED) is 0.448. The van der Waals surface area contributed by atoms with E-state index in [1.807, 2.05) is 6.08 Å². The molecule has 0 amide bonds. The van der Waals surface area contributed by atoms with Crippen LogP contribution in [0.5, 0.6) is 0 Å². The van der Waals surface area contributed by atoms with Gasteiger partial charge in [0.1, 0.15) is 0 Å². The number of aliphatic hydroxyl groups excluding tert-OH is 1. The molecule has 0 fully saturated rings. The van der Waals surface area contributed by atoms with Gasteiger partial charge in [0.05, 0.1) is 0 Å². The number of nitrogens with one attached hydrogen (secondary N) is 1. The minimum absolute atomic E-state index is 0.162. The van der Waals surface area contributed by atoms with Crippen LogP contribution >= 0.6 is 0 Å². The zero-order chi connectivity index (χ0) is 8.74. The molecule has 11 heavy (non-hydrogen) atoms. The van der Waals surface area contributed by atoms with Crippen molar-refractivity contribution < 1.29 is 5.11 Å². The van der Waals surface area contributed by atoms with Gasteiger partial charge in [0.15, 0.2) is 0 Å². The lowest BCUT2D eigenvalue weighted by molar-refractivity contribution is 0.283. The Morgan fingerprint density at radius 1 is 1.55 bits per heavy atom. The third-order valence-electron chi connectivity index (χ3n) is 1.64. The normalized spacial score (nSPS) is 11.5. The van der Waals surface area contributed by atoms with Gasteiger partial charge in [0, 0.05) is 13.2 Å². The average molecular weight is 157 g/mol. The summed E-state index contributed by atoms with van der Waals surface area (Å²) >= 11 is 0. The third-order valence-corrected chi connectivity index (χ3v) is 1.64. The molecule has 2 N–H and O–H groups in total. The maximum Gasteiger partial charge on any atom is 0.0443 e. The maximum absolute atomic E-state index is 8.49. The lowest BCUT2D eigenvalue weighted by atomic mass is 9.94. The van der Waals surface area contributed by atoms with E-state index in [9.17, 15) is 0 Å². The van der Waals surface area contributed by atoms with Crippen LogP contribution in [-0.4, -0.2) is 24.8 Å². The van der Waals surface area contributed by atoms with Crippen LogP contribution in [0.2, 0.25) is 0 Å². The highest BCUT2D eigenvalue weighted by atomic mass is 16.3. The Balaban J connectivity index is 3.30. The van der Waals surface area contributed by atoms with E-state index < -0.39 is 0 Å². The molecule has 0 aliphatic heterocycles. The molecule has 0 aromatic carbocycles. The van der Waals surface area contributed by atoms with Gasteiger partial charge in [-0.1, -0.05) is 19.9 Å². The van der Waals surface area contributed by atoms with E-state index in [1.54, 1.807) is 0 Å². The predicted octanol–water partition coefficient (Wildman–Crippen LogP) is 1.17. The van der Waals surface area contributed by atoms with Crippen molar-refractivity contribution in [2.75, 3.05) is 19.7 Å². The minimum Gasteiger partial charge on any atom is -0.396 e. The van der Waals surface area contributed by atoms with Crippen LogP contribution in [0.1, 0.15) is 20.3 Å². The van der Waals surface area contributed by atoms with E-state index in [4.69, 9.17) is 5.11 Å². The Labute approximate surface area is 69.3 Å².